The number of methoxy groups -OCH3 is 1. The molecule has 0 amide bonds. The smallest absolute Gasteiger partial charge is 0.436 e. The number of rotatable bonds is 6. The van der Waals surface area contributed by atoms with E-state index >= 15 is 0 Å². The van der Waals surface area contributed by atoms with Gasteiger partial charge in [0.15, 0.2) is 10.8 Å². The molecule has 0 bridgehead atoms. The van der Waals surface area contributed by atoms with Gasteiger partial charge in [0.2, 0.25) is 0 Å². The highest BCUT2D eigenvalue weighted by molar-refractivity contribution is 7.80. The molecule has 2 N–H and O–H groups in total. The lowest BCUT2D eigenvalue weighted by molar-refractivity contribution is -0.141. The second-order valence-electron chi connectivity index (χ2n) is 7.82. The molecule has 2 aromatic rings. The minimum atomic E-state index is -4.59. The van der Waals surface area contributed by atoms with Crippen LogP contribution in [0.15, 0.2) is 0 Å². The van der Waals surface area contributed by atoms with Crippen molar-refractivity contribution in [2.75, 3.05) is 19.0 Å². The summed E-state index contributed by atoms with van der Waals surface area (Å²) in [7, 11) is 1.36. The zero-order valence-corrected chi connectivity index (χ0v) is 20.8. The number of carbonyl (C=O) groups is 1. The number of nitrogens with zero attached hydrogens (tertiary/aromatic N) is 2. The fourth-order valence-electron chi connectivity index (χ4n) is 3.83. The Bertz CT molecular complexity index is 1020. The molecule has 1 aliphatic rings. The van der Waals surface area contributed by atoms with Crippen LogP contribution in [-0.4, -0.2) is 34.5 Å². The average Bonchev–Trinajstić information content (AvgIpc) is 3.21. The van der Waals surface area contributed by atoms with E-state index in [1.54, 1.807) is 0 Å². The van der Waals surface area contributed by atoms with Gasteiger partial charge in [0.1, 0.15) is 5.00 Å². The van der Waals surface area contributed by atoms with Crippen molar-refractivity contribution < 1.29 is 22.7 Å². The number of nitrogens with one attached hydrogen (secondary N) is 2. The van der Waals surface area contributed by atoms with Crippen molar-refractivity contribution in [2.45, 2.75) is 64.6 Å². The number of thiocarbonyl (C=S) groups is 1. The summed E-state index contributed by atoms with van der Waals surface area (Å²) in [5.74, 6) is -0.384. The number of aromatic nitrogens is 2. The molecule has 6 nitrogen and oxygen atoms in total. The standard InChI is InChI=1S/C21H26ClF3N4O2S2/c1-12-16(22)17(21(23,24)25)28-29(12)11-7-10-26-20(32)27-18-15(19(30)31-2)13-8-5-3-4-6-9-14(13)33-18/h3-11H2,1-2H3,(H2,26,27,32). The fourth-order valence-corrected chi connectivity index (χ4v) is 5.62. The van der Waals surface area contributed by atoms with Crippen molar-refractivity contribution in [1.82, 2.24) is 15.1 Å². The predicted molar refractivity (Wildman–Crippen MR) is 127 cm³/mol. The Morgan fingerprint density at radius 3 is 2.61 bits per heavy atom. The van der Waals surface area contributed by atoms with Crippen LogP contribution in [0.25, 0.3) is 0 Å². The number of halogens is 4. The molecule has 0 aliphatic heterocycles. The second kappa shape index (κ2) is 11.1. The molecule has 0 saturated carbocycles. The number of hydrogen-bond acceptors (Lipinski definition) is 5. The van der Waals surface area contributed by atoms with Gasteiger partial charge in [-0.2, -0.15) is 18.3 Å². The fraction of sp³-hybridized carbons (Fsp3) is 0.571. The minimum absolute atomic E-state index is 0.248. The van der Waals surface area contributed by atoms with Crippen molar-refractivity contribution in [3.63, 3.8) is 0 Å². The van der Waals surface area contributed by atoms with Gasteiger partial charge in [-0.15, -0.1) is 11.3 Å². The number of ether oxygens (including phenoxy) is 1. The first kappa shape index (κ1) is 25.8. The lowest BCUT2D eigenvalue weighted by Crippen LogP contribution is -2.30. The second-order valence-corrected chi connectivity index (χ2v) is 9.71. The Balaban J connectivity index is 1.60. The van der Waals surface area contributed by atoms with E-state index in [4.69, 9.17) is 28.6 Å². The number of alkyl halides is 3. The van der Waals surface area contributed by atoms with Crippen LogP contribution in [0.1, 0.15) is 64.3 Å². The third kappa shape index (κ3) is 6.19. The summed E-state index contributed by atoms with van der Waals surface area (Å²) in [6.07, 6.45) is 2.09. The summed E-state index contributed by atoms with van der Waals surface area (Å²) in [6.45, 7) is 2.16. The largest absolute Gasteiger partial charge is 0.465 e. The van der Waals surface area contributed by atoms with Gasteiger partial charge in [-0.3, -0.25) is 4.68 Å². The number of carbonyl (C=O) groups excluding carboxylic acids is 1. The Hall–Kier alpha value is -1.85. The van der Waals surface area contributed by atoms with Crippen molar-refractivity contribution in [3.05, 3.63) is 32.4 Å². The summed E-state index contributed by atoms with van der Waals surface area (Å²) >= 11 is 12.7. The zero-order chi connectivity index (χ0) is 24.2. The van der Waals surface area contributed by atoms with E-state index in [2.05, 4.69) is 15.7 Å². The number of esters is 1. The Morgan fingerprint density at radius 1 is 1.27 bits per heavy atom. The van der Waals surface area contributed by atoms with E-state index in [1.165, 1.54) is 41.4 Å². The first-order valence-corrected chi connectivity index (χ1v) is 12.3. The van der Waals surface area contributed by atoms with Gasteiger partial charge in [-0.05, 0) is 56.8 Å². The Kier molecular flexibility index (Phi) is 8.63. The van der Waals surface area contributed by atoms with Crippen molar-refractivity contribution in [3.8, 4) is 0 Å². The summed E-state index contributed by atoms with van der Waals surface area (Å²) in [5.41, 5.74) is 0.784. The molecule has 0 radical (unpaired) electrons. The molecular formula is C21H26ClF3N4O2S2. The highest BCUT2D eigenvalue weighted by Crippen LogP contribution is 2.38. The van der Waals surface area contributed by atoms with Crippen molar-refractivity contribution in [2.24, 2.45) is 0 Å². The monoisotopic (exact) mass is 522 g/mol. The first-order chi connectivity index (χ1) is 15.6. The quantitative estimate of drug-likeness (QED) is 0.286. The third-order valence-electron chi connectivity index (χ3n) is 5.52. The number of hydrogen-bond donors (Lipinski definition) is 2. The summed E-state index contributed by atoms with van der Waals surface area (Å²) in [5, 5.41) is 10.4. The molecule has 0 unspecified atom stereocenters. The molecule has 2 heterocycles. The van der Waals surface area contributed by atoms with Gasteiger partial charge in [0.05, 0.1) is 23.4 Å². The SMILES string of the molecule is COC(=O)c1c(NC(=S)NCCCn2nc(C(F)(F)F)c(Cl)c2C)sc2c1CCCCCC2. The van der Waals surface area contributed by atoms with Crippen LogP contribution in [0.4, 0.5) is 18.2 Å². The molecule has 0 spiro atoms. The molecule has 0 aromatic carbocycles. The summed E-state index contributed by atoms with van der Waals surface area (Å²) in [6, 6.07) is 0. The van der Waals surface area contributed by atoms with Crippen LogP contribution < -0.4 is 10.6 Å². The molecule has 0 saturated heterocycles. The van der Waals surface area contributed by atoms with E-state index in [0.717, 1.165) is 37.7 Å². The van der Waals surface area contributed by atoms with Crippen molar-refractivity contribution in [1.29, 1.82) is 0 Å². The van der Waals surface area contributed by atoms with Gasteiger partial charge in [0, 0.05) is 18.0 Å². The zero-order valence-electron chi connectivity index (χ0n) is 18.4. The van der Waals surface area contributed by atoms with Gasteiger partial charge >= 0.3 is 12.1 Å². The summed E-state index contributed by atoms with van der Waals surface area (Å²) < 4.78 is 45.1. The topological polar surface area (TPSA) is 68.2 Å². The van der Waals surface area contributed by atoms with Crippen LogP contribution in [0, 0.1) is 6.92 Å². The molecular weight excluding hydrogens is 497 g/mol. The van der Waals surface area contributed by atoms with Crippen LogP contribution in [0.2, 0.25) is 5.02 Å². The van der Waals surface area contributed by atoms with Crippen LogP contribution in [0.3, 0.4) is 0 Å². The van der Waals surface area contributed by atoms with Crippen LogP contribution >= 0.6 is 35.2 Å². The maximum absolute atomic E-state index is 13.0. The normalized spacial score (nSPS) is 14.2. The van der Waals surface area contributed by atoms with Gasteiger partial charge in [0.25, 0.3) is 0 Å². The Labute approximate surface area is 204 Å². The molecule has 1 aliphatic carbocycles. The molecule has 0 atom stereocenters. The molecule has 182 valence electrons. The Morgan fingerprint density at radius 2 is 1.97 bits per heavy atom. The average molecular weight is 523 g/mol. The third-order valence-corrected chi connectivity index (χ3v) is 7.43. The maximum atomic E-state index is 13.0. The van der Waals surface area contributed by atoms with Crippen LogP contribution in [0.5, 0.6) is 0 Å². The van der Waals surface area contributed by atoms with Crippen LogP contribution in [-0.2, 0) is 30.3 Å². The van der Waals surface area contributed by atoms with E-state index in [9.17, 15) is 18.0 Å². The number of thiophene rings is 1. The minimum Gasteiger partial charge on any atom is -0.465 e. The lowest BCUT2D eigenvalue weighted by atomic mass is 9.96. The number of anilines is 1. The van der Waals surface area contributed by atoms with E-state index < -0.39 is 11.9 Å². The van der Waals surface area contributed by atoms with Gasteiger partial charge < -0.3 is 15.4 Å². The highest BCUT2D eigenvalue weighted by Gasteiger charge is 2.38. The van der Waals surface area contributed by atoms with Crippen molar-refractivity contribution >= 4 is 51.2 Å². The molecule has 3 rings (SSSR count). The van der Waals surface area contributed by atoms with Gasteiger partial charge in [-0.1, -0.05) is 24.4 Å². The number of aryl methyl sites for hydroxylation is 2. The molecule has 12 heteroatoms. The highest BCUT2D eigenvalue weighted by atomic mass is 35.5. The number of fused-ring (bicyclic) bond motifs is 1. The lowest BCUT2D eigenvalue weighted by Gasteiger charge is -2.12. The molecule has 33 heavy (non-hydrogen) atoms. The summed E-state index contributed by atoms with van der Waals surface area (Å²) in [4.78, 5) is 13.7. The predicted octanol–water partition coefficient (Wildman–Crippen LogP) is 5.75. The molecule has 2 aromatic heterocycles. The van der Waals surface area contributed by atoms with E-state index in [0.29, 0.717) is 28.6 Å². The van der Waals surface area contributed by atoms with Gasteiger partial charge in [-0.25, -0.2) is 4.79 Å². The molecule has 0 fully saturated rings. The van der Waals surface area contributed by atoms with E-state index in [-0.39, 0.29) is 23.2 Å². The maximum Gasteiger partial charge on any atom is 0.436 e. The first-order valence-electron chi connectivity index (χ1n) is 10.7. The van der Waals surface area contributed by atoms with E-state index in [1.807, 2.05) is 0 Å².